The summed E-state index contributed by atoms with van der Waals surface area (Å²) in [7, 11) is 1.28. The molecule has 1 aromatic carbocycles. The van der Waals surface area contributed by atoms with E-state index >= 15 is 0 Å². The molecule has 1 amide bonds. The van der Waals surface area contributed by atoms with Gasteiger partial charge >= 0.3 is 5.97 Å². The Morgan fingerprint density at radius 1 is 1.45 bits per heavy atom. The van der Waals surface area contributed by atoms with Gasteiger partial charge in [0.25, 0.3) is 0 Å². The number of esters is 1. The summed E-state index contributed by atoms with van der Waals surface area (Å²) in [5, 5.41) is 3.10. The Labute approximate surface area is 122 Å². The van der Waals surface area contributed by atoms with Crippen LogP contribution in [0.5, 0.6) is 0 Å². The second-order valence-corrected chi connectivity index (χ2v) is 5.56. The summed E-state index contributed by atoms with van der Waals surface area (Å²) >= 11 is 5.85. The lowest BCUT2D eigenvalue weighted by atomic mass is 9.75. The molecule has 1 fully saturated rings. The van der Waals surface area contributed by atoms with E-state index in [1.807, 2.05) is 0 Å². The first kappa shape index (κ1) is 14.8. The number of halogens is 1. The first-order valence-corrected chi connectivity index (χ1v) is 6.78. The molecule has 0 aromatic heterocycles. The average Bonchev–Trinajstić information content (AvgIpc) is 2.38. The number of amides is 1. The molecule has 6 heteroatoms. The van der Waals surface area contributed by atoms with Gasteiger partial charge in [-0.05, 0) is 37.5 Å². The largest absolute Gasteiger partial charge is 0.465 e. The van der Waals surface area contributed by atoms with Crippen LogP contribution in [0.1, 0.15) is 36.0 Å². The van der Waals surface area contributed by atoms with Gasteiger partial charge in [0.15, 0.2) is 0 Å². The highest BCUT2D eigenvalue weighted by Gasteiger charge is 2.34. The number of hydrogen-bond acceptors (Lipinski definition) is 4. The molecule has 0 unspecified atom stereocenters. The van der Waals surface area contributed by atoms with Crippen molar-refractivity contribution in [2.24, 2.45) is 5.73 Å². The highest BCUT2D eigenvalue weighted by molar-refractivity contribution is 6.31. The van der Waals surface area contributed by atoms with Crippen LogP contribution in [0.4, 0.5) is 5.69 Å². The lowest BCUT2D eigenvalue weighted by Gasteiger charge is -2.37. The third-order valence-electron chi connectivity index (χ3n) is 3.52. The molecule has 0 atom stereocenters. The number of rotatable bonds is 4. The Bertz CT molecular complexity index is 541. The molecule has 5 nitrogen and oxygen atoms in total. The highest BCUT2D eigenvalue weighted by atomic mass is 35.5. The molecule has 20 heavy (non-hydrogen) atoms. The maximum absolute atomic E-state index is 12.0. The Morgan fingerprint density at radius 3 is 2.70 bits per heavy atom. The SMILES string of the molecule is COC(=O)c1cc(Cl)ccc1NC(=O)CC1(N)CCC1. The van der Waals surface area contributed by atoms with Crippen LogP contribution in [-0.4, -0.2) is 24.5 Å². The average molecular weight is 297 g/mol. The molecule has 1 aromatic rings. The van der Waals surface area contributed by atoms with E-state index in [1.165, 1.54) is 13.2 Å². The van der Waals surface area contributed by atoms with E-state index in [0.29, 0.717) is 10.7 Å². The highest BCUT2D eigenvalue weighted by Crippen LogP contribution is 2.32. The van der Waals surface area contributed by atoms with Gasteiger partial charge in [0.2, 0.25) is 5.91 Å². The molecule has 0 aliphatic heterocycles. The van der Waals surface area contributed by atoms with Crippen molar-refractivity contribution in [2.45, 2.75) is 31.2 Å². The maximum Gasteiger partial charge on any atom is 0.340 e. The van der Waals surface area contributed by atoms with Crippen molar-refractivity contribution in [1.29, 1.82) is 0 Å². The zero-order chi connectivity index (χ0) is 14.8. The standard InChI is InChI=1S/C14H17ClN2O3/c1-20-13(19)10-7-9(15)3-4-11(10)17-12(18)8-14(16)5-2-6-14/h3-4,7H,2,5-6,8,16H2,1H3,(H,17,18). The van der Waals surface area contributed by atoms with E-state index in [4.69, 9.17) is 17.3 Å². The number of methoxy groups -OCH3 is 1. The molecule has 0 saturated heterocycles. The predicted octanol–water partition coefficient (Wildman–Crippen LogP) is 2.34. The van der Waals surface area contributed by atoms with Gasteiger partial charge in [0.05, 0.1) is 18.4 Å². The summed E-state index contributed by atoms with van der Waals surface area (Å²) in [5.74, 6) is -0.756. The van der Waals surface area contributed by atoms with Crippen molar-refractivity contribution in [3.63, 3.8) is 0 Å². The van der Waals surface area contributed by atoms with Crippen molar-refractivity contribution >= 4 is 29.2 Å². The third-order valence-corrected chi connectivity index (χ3v) is 3.76. The number of benzene rings is 1. The molecular formula is C14H17ClN2O3. The molecule has 0 spiro atoms. The van der Waals surface area contributed by atoms with Crippen molar-refractivity contribution in [1.82, 2.24) is 0 Å². The second kappa shape index (κ2) is 5.81. The topological polar surface area (TPSA) is 81.4 Å². The monoisotopic (exact) mass is 296 g/mol. The number of ether oxygens (including phenoxy) is 1. The van der Waals surface area contributed by atoms with E-state index in [9.17, 15) is 9.59 Å². The summed E-state index contributed by atoms with van der Waals surface area (Å²) in [6.45, 7) is 0. The van der Waals surface area contributed by atoms with Crippen LogP contribution in [0, 0.1) is 0 Å². The normalized spacial score (nSPS) is 16.1. The molecule has 1 saturated carbocycles. The Morgan fingerprint density at radius 2 is 2.15 bits per heavy atom. The lowest BCUT2D eigenvalue weighted by Crippen LogP contribution is -2.49. The number of carbonyl (C=O) groups is 2. The van der Waals surface area contributed by atoms with Crippen LogP contribution in [0.25, 0.3) is 0 Å². The minimum absolute atomic E-state index is 0.209. The van der Waals surface area contributed by atoms with E-state index in [1.54, 1.807) is 12.1 Å². The first-order chi connectivity index (χ1) is 9.43. The van der Waals surface area contributed by atoms with Crippen LogP contribution >= 0.6 is 11.6 Å². The minimum Gasteiger partial charge on any atom is -0.465 e. The number of carbonyl (C=O) groups excluding carboxylic acids is 2. The summed E-state index contributed by atoms with van der Waals surface area (Å²) in [5.41, 5.74) is 6.24. The van der Waals surface area contributed by atoms with Gasteiger partial charge in [0.1, 0.15) is 0 Å². The zero-order valence-corrected chi connectivity index (χ0v) is 12.0. The summed E-state index contributed by atoms with van der Waals surface area (Å²) in [6.07, 6.45) is 3.00. The fraction of sp³-hybridized carbons (Fsp3) is 0.429. The molecule has 0 bridgehead atoms. The summed E-state index contributed by atoms with van der Waals surface area (Å²) in [4.78, 5) is 23.7. The number of hydrogen-bond donors (Lipinski definition) is 2. The van der Waals surface area contributed by atoms with Crippen LogP contribution in [-0.2, 0) is 9.53 Å². The van der Waals surface area contributed by atoms with Crippen molar-refractivity contribution in [2.75, 3.05) is 12.4 Å². The lowest BCUT2D eigenvalue weighted by molar-refractivity contribution is -0.118. The van der Waals surface area contributed by atoms with Crippen LogP contribution in [0.15, 0.2) is 18.2 Å². The molecule has 0 radical (unpaired) electrons. The van der Waals surface area contributed by atoms with Crippen molar-refractivity contribution < 1.29 is 14.3 Å². The summed E-state index contributed by atoms with van der Waals surface area (Å²) in [6, 6.07) is 4.65. The van der Waals surface area contributed by atoms with E-state index < -0.39 is 11.5 Å². The fourth-order valence-corrected chi connectivity index (χ4v) is 2.40. The quantitative estimate of drug-likeness (QED) is 0.836. The maximum atomic E-state index is 12.0. The van der Waals surface area contributed by atoms with Gasteiger partial charge in [-0.25, -0.2) is 4.79 Å². The van der Waals surface area contributed by atoms with Gasteiger partial charge in [-0.2, -0.15) is 0 Å². The number of nitrogens with one attached hydrogen (secondary N) is 1. The predicted molar refractivity (Wildman–Crippen MR) is 76.8 cm³/mol. The fourth-order valence-electron chi connectivity index (χ4n) is 2.23. The molecular weight excluding hydrogens is 280 g/mol. The molecule has 0 heterocycles. The molecule has 3 N–H and O–H groups in total. The van der Waals surface area contributed by atoms with Gasteiger partial charge < -0.3 is 15.8 Å². The van der Waals surface area contributed by atoms with E-state index in [-0.39, 0.29) is 17.9 Å². The van der Waals surface area contributed by atoms with E-state index in [0.717, 1.165) is 19.3 Å². The Kier molecular flexibility index (Phi) is 4.30. The van der Waals surface area contributed by atoms with Crippen molar-refractivity contribution in [3.05, 3.63) is 28.8 Å². The van der Waals surface area contributed by atoms with Crippen LogP contribution < -0.4 is 11.1 Å². The van der Waals surface area contributed by atoms with Crippen LogP contribution in [0.3, 0.4) is 0 Å². The minimum atomic E-state index is -0.547. The molecule has 1 aliphatic carbocycles. The molecule has 108 valence electrons. The Hall–Kier alpha value is -1.59. The summed E-state index contributed by atoms with van der Waals surface area (Å²) < 4.78 is 4.67. The smallest absolute Gasteiger partial charge is 0.340 e. The van der Waals surface area contributed by atoms with Gasteiger partial charge in [-0.1, -0.05) is 11.6 Å². The van der Waals surface area contributed by atoms with Crippen molar-refractivity contribution in [3.8, 4) is 0 Å². The third kappa shape index (κ3) is 3.29. The van der Waals surface area contributed by atoms with Gasteiger partial charge in [-0.3, -0.25) is 4.79 Å². The molecule has 1 aliphatic rings. The zero-order valence-electron chi connectivity index (χ0n) is 11.2. The number of anilines is 1. The molecule has 2 rings (SSSR count). The Balaban J connectivity index is 2.12. The van der Waals surface area contributed by atoms with Gasteiger partial charge in [-0.15, -0.1) is 0 Å². The second-order valence-electron chi connectivity index (χ2n) is 5.12. The van der Waals surface area contributed by atoms with E-state index in [2.05, 4.69) is 10.1 Å². The number of nitrogens with two attached hydrogens (primary N) is 1. The van der Waals surface area contributed by atoms with Crippen LogP contribution in [0.2, 0.25) is 5.02 Å². The van der Waals surface area contributed by atoms with Gasteiger partial charge in [0, 0.05) is 17.0 Å². The first-order valence-electron chi connectivity index (χ1n) is 6.40.